The lowest BCUT2D eigenvalue weighted by Gasteiger charge is -2.19. The highest BCUT2D eigenvalue weighted by atomic mass is 16.2. The Morgan fingerprint density at radius 2 is 1.36 bits per heavy atom. The molecule has 116 valence electrons. The monoisotopic (exact) mass is 298 g/mol. The van der Waals surface area contributed by atoms with Crippen molar-refractivity contribution in [2.45, 2.75) is 52.4 Å². The van der Waals surface area contributed by atoms with Gasteiger partial charge in [-0.3, -0.25) is 14.4 Å². The van der Waals surface area contributed by atoms with Crippen molar-refractivity contribution in [1.29, 1.82) is 0 Å². The molecule has 3 rings (SSSR count). The number of hydrogen-bond donors (Lipinski definition) is 0. The van der Waals surface area contributed by atoms with Crippen LogP contribution >= 0.6 is 0 Å². The van der Waals surface area contributed by atoms with Gasteiger partial charge in [-0.1, -0.05) is 31.5 Å². The van der Waals surface area contributed by atoms with Gasteiger partial charge in [0.15, 0.2) is 11.6 Å². The van der Waals surface area contributed by atoms with Crippen molar-refractivity contribution in [2.75, 3.05) is 0 Å². The lowest BCUT2D eigenvalue weighted by molar-refractivity contribution is -0.128. The fourth-order valence-corrected chi connectivity index (χ4v) is 4.22. The summed E-state index contributed by atoms with van der Waals surface area (Å²) in [5, 5.41) is 0. The van der Waals surface area contributed by atoms with Gasteiger partial charge in [0.2, 0.25) is 0 Å². The van der Waals surface area contributed by atoms with Crippen molar-refractivity contribution in [3.05, 3.63) is 34.4 Å². The number of benzene rings is 1. The molecule has 1 aromatic rings. The molecule has 0 aliphatic heterocycles. The summed E-state index contributed by atoms with van der Waals surface area (Å²) in [6, 6.07) is 4.18. The largest absolute Gasteiger partial charge is 0.300 e. The standard InChI is InChI=1S/C19H22O3/c1-4-11-6-10(3)7-12(5-2)16(11)17-18(21)14-8-13(20)9-15(14)19(17)22/h6-7,14-15,17H,4-5,8-9H2,1-3H3/t14-,15+,17?. The van der Waals surface area contributed by atoms with Gasteiger partial charge in [-0.05, 0) is 36.5 Å². The van der Waals surface area contributed by atoms with Crippen LogP contribution in [0.1, 0.15) is 54.9 Å². The molecule has 2 aliphatic rings. The minimum absolute atomic E-state index is 0.0193. The van der Waals surface area contributed by atoms with Crippen molar-refractivity contribution in [3.8, 4) is 0 Å². The minimum Gasteiger partial charge on any atom is -0.300 e. The molecule has 3 heteroatoms. The van der Waals surface area contributed by atoms with Gasteiger partial charge >= 0.3 is 0 Å². The number of fused-ring (bicyclic) bond motifs is 1. The zero-order chi connectivity index (χ0) is 16.0. The van der Waals surface area contributed by atoms with Gasteiger partial charge in [0.1, 0.15) is 11.7 Å². The van der Waals surface area contributed by atoms with Crippen LogP contribution in [-0.4, -0.2) is 17.3 Å². The summed E-state index contributed by atoms with van der Waals surface area (Å²) in [6.07, 6.45) is 2.16. The third-order valence-corrected chi connectivity index (χ3v) is 5.23. The first-order valence-corrected chi connectivity index (χ1v) is 8.19. The molecule has 2 saturated carbocycles. The molecule has 2 aliphatic carbocycles. The molecule has 0 bridgehead atoms. The van der Waals surface area contributed by atoms with Crippen LogP contribution < -0.4 is 0 Å². The third-order valence-electron chi connectivity index (χ3n) is 5.23. The average Bonchev–Trinajstić information content (AvgIpc) is 2.98. The minimum atomic E-state index is -0.631. The van der Waals surface area contributed by atoms with Gasteiger partial charge in [0.25, 0.3) is 0 Å². The van der Waals surface area contributed by atoms with Crippen molar-refractivity contribution >= 4 is 17.3 Å². The lowest BCUT2D eigenvalue weighted by Crippen LogP contribution is -2.20. The van der Waals surface area contributed by atoms with E-state index in [-0.39, 0.29) is 42.0 Å². The van der Waals surface area contributed by atoms with Crippen LogP contribution in [0.3, 0.4) is 0 Å². The second-order valence-corrected chi connectivity index (χ2v) is 6.60. The van der Waals surface area contributed by atoms with Gasteiger partial charge < -0.3 is 0 Å². The Balaban J connectivity index is 2.11. The van der Waals surface area contributed by atoms with Crippen LogP contribution in [0.5, 0.6) is 0 Å². The van der Waals surface area contributed by atoms with E-state index in [0.29, 0.717) is 0 Å². The molecule has 0 heterocycles. The number of hydrogen-bond acceptors (Lipinski definition) is 3. The maximum absolute atomic E-state index is 12.8. The van der Waals surface area contributed by atoms with Crippen LogP contribution in [0.15, 0.2) is 12.1 Å². The Hall–Kier alpha value is -1.77. The second kappa shape index (κ2) is 5.45. The van der Waals surface area contributed by atoms with E-state index in [9.17, 15) is 14.4 Å². The molecule has 1 unspecified atom stereocenters. The zero-order valence-electron chi connectivity index (χ0n) is 13.4. The number of ketones is 3. The van der Waals surface area contributed by atoms with Crippen molar-refractivity contribution in [3.63, 3.8) is 0 Å². The van der Waals surface area contributed by atoms with E-state index in [2.05, 4.69) is 26.0 Å². The first kappa shape index (κ1) is 15.1. The molecule has 0 aromatic heterocycles. The van der Waals surface area contributed by atoms with E-state index in [4.69, 9.17) is 0 Å². The maximum Gasteiger partial charge on any atom is 0.152 e. The normalized spacial score (nSPS) is 27.6. The van der Waals surface area contributed by atoms with E-state index >= 15 is 0 Å². The number of aryl methyl sites for hydroxylation is 3. The Kier molecular flexibility index (Phi) is 3.75. The fraction of sp³-hybridized carbons (Fsp3) is 0.526. The van der Waals surface area contributed by atoms with Crippen molar-refractivity contribution in [2.24, 2.45) is 11.8 Å². The molecule has 0 spiro atoms. The third kappa shape index (κ3) is 2.15. The average molecular weight is 298 g/mol. The second-order valence-electron chi connectivity index (χ2n) is 6.60. The summed E-state index contributed by atoms with van der Waals surface area (Å²) in [6.45, 7) is 6.17. The number of Topliss-reactive ketones (excluding diaryl/α,β-unsaturated/α-hetero) is 3. The Morgan fingerprint density at radius 3 is 1.77 bits per heavy atom. The van der Waals surface area contributed by atoms with Crippen LogP contribution in [0.2, 0.25) is 0 Å². The molecule has 3 nitrogen and oxygen atoms in total. The predicted molar refractivity (Wildman–Crippen MR) is 83.9 cm³/mol. The van der Waals surface area contributed by atoms with E-state index in [1.165, 1.54) is 5.56 Å². The van der Waals surface area contributed by atoms with E-state index in [1.807, 2.05) is 6.92 Å². The van der Waals surface area contributed by atoms with Crippen LogP contribution in [0.4, 0.5) is 0 Å². The van der Waals surface area contributed by atoms with Crippen LogP contribution in [0.25, 0.3) is 0 Å². The molecule has 3 atom stereocenters. The Labute approximate surface area is 131 Å². The fourth-order valence-electron chi connectivity index (χ4n) is 4.22. The highest BCUT2D eigenvalue weighted by Crippen LogP contribution is 2.46. The predicted octanol–water partition coefficient (Wildman–Crippen LogP) is 2.95. The Bertz CT molecular complexity index is 620. The summed E-state index contributed by atoms with van der Waals surface area (Å²) in [5.41, 5.74) is 4.32. The summed E-state index contributed by atoms with van der Waals surface area (Å²) in [5.74, 6) is -1.33. The molecule has 0 amide bonds. The first-order valence-electron chi connectivity index (χ1n) is 8.19. The molecule has 0 N–H and O–H groups in total. The van der Waals surface area contributed by atoms with E-state index in [1.54, 1.807) is 0 Å². The maximum atomic E-state index is 12.8. The molecule has 2 fully saturated rings. The van der Waals surface area contributed by atoms with Crippen molar-refractivity contribution < 1.29 is 14.4 Å². The first-order chi connectivity index (χ1) is 10.5. The smallest absolute Gasteiger partial charge is 0.152 e. The molecule has 22 heavy (non-hydrogen) atoms. The van der Waals surface area contributed by atoms with Gasteiger partial charge in [-0.25, -0.2) is 0 Å². The molecule has 0 radical (unpaired) electrons. The molecular weight excluding hydrogens is 276 g/mol. The quantitative estimate of drug-likeness (QED) is 0.806. The van der Waals surface area contributed by atoms with Crippen molar-refractivity contribution in [1.82, 2.24) is 0 Å². The summed E-state index contributed by atoms with van der Waals surface area (Å²) in [7, 11) is 0. The number of carbonyl (C=O) groups is 3. The summed E-state index contributed by atoms with van der Waals surface area (Å²) >= 11 is 0. The number of rotatable bonds is 3. The van der Waals surface area contributed by atoms with Gasteiger partial charge in [0, 0.05) is 24.7 Å². The summed E-state index contributed by atoms with van der Waals surface area (Å²) in [4.78, 5) is 37.2. The molecule has 1 aromatic carbocycles. The summed E-state index contributed by atoms with van der Waals surface area (Å²) < 4.78 is 0. The Morgan fingerprint density at radius 1 is 0.909 bits per heavy atom. The molecular formula is C19H22O3. The van der Waals surface area contributed by atoms with E-state index in [0.717, 1.165) is 29.5 Å². The number of carbonyl (C=O) groups excluding carboxylic acids is 3. The van der Waals surface area contributed by atoms with Gasteiger partial charge in [-0.2, -0.15) is 0 Å². The lowest BCUT2D eigenvalue weighted by atomic mass is 9.83. The van der Waals surface area contributed by atoms with Gasteiger partial charge in [-0.15, -0.1) is 0 Å². The SMILES string of the molecule is CCc1cc(C)cc(CC)c1C1C(=O)[C@H]2CC(=O)C[C@H]2C1=O. The zero-order valence-corrected chi connectivity index (χ0v) is 13.4. The highest BCUT2D eigenvalue weighted by molar-refractivity contribution is 6.19. The van der Waals surface area contributed by atoms with E-state index < -0.39 is 5.92 Å². The van der Waals surface area contributed by atoms with Crippen LogP contribution in [0, 0.1) is 18.8 Å². The topological polar surface area (TPSA) is 51.2 Å². The molecule has 0 saturated heterocycles. The van der Waals surface area contributed by atoms with Crippen LogP contribution in [-0.2, 0) is 27.2 Å². The highest BCUT2D eigenvalue weighted by Gasteiger charge is 2.54. The van der Waals surface area contributed by atoms with Gasteiger partial charge in [0.05, 0.1) is 0 Å².